The van der Waals surface area contributed by atoms with E-state index in [1.54, 1.807) is 6.07 Å². The highest BCUT2D eigenvalue weighted by Gasteiger charge is 2.24. The Labute approximate surface area is 93.8 Å². The number of methoxy groups -OCH3 is 1. The summed E-state index contributed by atoms with van der Waals surface area (Å²) in [6.45, 7) is 1.35. The predicted molar refractivity (Wildman–Crippen MR) is 56.5 cm³/mol. The molecular weight excluding hydrogens is 233 g/mol. The first kappa shape index (κ1) is 11.3. The molecule has 1 aliphatic heterocycles. The van der Waals surface area contributed by atoms with Gasteiger partial charge in [-0.3, -0.25) is 4.90 Å². The van der Waals surface area contributed by atoms with Gasteiger partial charge in [-0.1, -0.05) is 0 Å². The lowest BCUT2D eigenvalue weighted by atomic mass is 10.1. The molecule has 4 nitrogen and oxygen atoms in total. The molecule has 1 aromatic carbocycles. The molecule has 0 radical (unpaired) electrons. The molecule has 0 spiro atoms. The van der Waals surface area contributed by atoms with E-state index in [1.165, 1.54) is 13.2 Å². The molecule has 2 rings (SSSR count). The minimum absolute atomic E-state index is 0.0663. The van der Waals surface area contributed by atoms with Crippen molar-refractivity contribution in [3.05, 3.63) is 23.3 Å². The Hall–Kier alpha value is -1.14. The van der Waals surface area contributed by atoms with Gasteiger partial charge in [0.05, 0.1) is 7.11 Å². The van der Waals surface area contributed by atoms with Gasteiger partial charge in [0.1, 0.15) is 10.6 Å². The summed E-state index contributed by atoms with van der Waals surface area (Å²) in [4.78, 5) is 1.63. The topological polar surface area (TPSA) is 46.6 Å². The van der Waals surface area contributed by atoms with Gasteiger partial charge >= 0.3 is 10.2 Å². The van der Waals surface area contributed by atoms with Crippen LogP contribution in [-0.2, 0) is 23.3 Å². The van der Waals surface area contributed by atoms with E-state index in [0.29, 0.717) is 6.54 Å². The fourth-order valence-electron chi connectivity index (χ4n) is 1.93. The van der Waals surface area contributed by atoms with Gasteiger partial charge in [-0.2, -0.15) is 8.42 Å². The summed E-state index contributed by atoms with van der Waals surface area (Å²) in [5, 5.41) is 0. The third-order valence-corrected chi connectivity index (χ3v) is 3.47. The van der Waals surface area contributed by atoms with Crippen molar-refractivity contribution in [2.45, 2.75) is 18.0 Å². The lowest BCUT2D eigenvalue weighted by Gasteiger charge is -2.07. The molecule has 0 saturated carbocycles. The van der Waals surface area contributed by atoms with E-state index in [-0.39, 0.29) is 10.6 Å². The molecule has 0 atom stereocenters. The predicted octanol–water partition coefficient (Wildman–Crippen LogP) is 1.30. The normalized spacial score (nSPS) is 16.2. The number of fused-ring (bicyclic) bond motifs is 1. The average Bonchev–Trinajstić information content (AvgIpc) is 2.53. The molecule has 0 amide bonds. The molecule has 0 fully saturated rings. The third-order valence-electron chi connectivity index (χ3n) is 2.63. The Kier molecular flexibility index (Phi) is 2.63. The van der Waals surface area contributed by atoms with Gasteiger partial charge in [0.25, 0.3) is 0 Å². The lowest BCUT2D eigenvalue weighted by Crippen LogP contribution is -2.07. The maximum absolute atomic E-state index is 13.0. The van der Waals surface area contributed by atoms with E-state index in [2.05, 4.69) is 0 Å². The molecule has 0 N–H and O–H groups in total. The van der Waals surface area contributed by atoms with Gasteiger partial charge in [0.15, 0.2) is 0 Å². The minimum atomic E-state index is -4.73. The Morgan fingerprint density at radius 3 is 2.38 bits per heavy atom. The molecule has 1 aliphatic rings. The van der Waals surface area contributed by atoms with Gasteiger partial charge in [0, 0.05) is 13.1 Å². The minimum Gasteiger partial charge on any atom is -0.495 e. The SMILES string of the molecule is COc1cc2c(cc1S(=O)(=O)F)CN(C)C2. The van der Waals surface area contributed by atoms with Crippen molar-refractivity contribution in [3.63, 3.8) is 0 Å². The molecule has 1 aromatic rings. The highest BCUT2D eigenvalue weighted by atomic mass is 32.3. The molecule has 88 valence electrons. The van der Waals surface area contributed by atoms with Crippen LogP contribution in [-0.4, -0.2) is 27.5 Å². The van der Waals surface area contributed by atoms with Crippen LogP contribution in [0.1, 0.15) is 11.1 Å². The van der Waals surface area contributed by atoms with Gasteiger partial charge in [-0.25, -0.2) is 0 Å². The number of nitrogens with zero attached hydrogens (tertiary/aromatic N) is 1. The van der Waals surface area contributed by atoms with E-state index >= 15 is 0 Å². The Morgan fingerprint density at radius 2 is 1.88 bits per heavy atom. The fourth-order valence-corrected chi connectivity index (χ4v) is 2.59. The summed E-state index contributed by atoms with van der Waals surface area (Å²) in [6, 6.07) is 2.94. The van der Waals surface area contributed by atoms with Crippen LogP contribution in [0.3, 0.4) is 0 Å². The van der Waals surface area contributed by atoms with Gasteiger partial charge in [0.2, 0.25) is 0 Å². The summed E-state index contributed by atoms with van der Waals surface area (Å²) < 4.78 is 39.8. The van der Waals surface area contributed by atoms with E-state index in [1.807, 2.05) is 11.9 Å². The van der Waals surface area contributed by atoms with E-state index in [4.69, 9.17) is 4.74 Å². The Bertz CT molecular complexity index is 527. The summed E-state index contributed by atoms with van der Waals surface area (Å²) in [5.41, 5.74) is 1.81. The number of hydrogen-bond donors (Lipinski definition) is 0. The van der Waals surface area contributed by atoms with Crippen LogP contribution in [0.2, 0.25) is 0 Å². The highest BCUT2D eigenvalue weighted by Crippen LogP contribution is 2.32. The van der Waals surface area contributed by atoms with Crippen LogP contribution in [0.15, 0.2) is 17.0 Å². The van der Waals surface area contributed by atoms with Crippen molar-refractivity contribution in [1.82, 2.24) is 4.90 Å². The zero-order chi connectivity index (χ0) is 11.9. The molecule has 1 heterocycles. The van der Waals surface area contributed by atoms with Crippen molar-refractivity contribution in [2.75, 3.05) is 14.2 Å². The van der Waals surface area contributed by atoms with Gasteiger partial charge in [-0.15, -0.1) is 3.89 Å². The number of hydrogen-bond acceptors (Lipinski definition) is 4. The first-order chi connectivity index (χ1) is 7.41. The Balaban J connectivity index is 2.60. The zero-order valence-corrected chi connectivity index (χ0v) is 9.84. The molecule has 0 aromatic heterocycles. The average molecular weight is 245 g/mol. The monoisotopic (exact) mass is 245 g/mol. The maximum atomic E-state index is 13.0. The van der Waals surface area contributed by atoms with Gasteiger partial charge in [-0.05, 0) is 30.3 Å². The first-order valence-corrected chi connectivity index (χ1v) is 6.13. The molecule has 6 heteroatoms. The number of benzene rings is 1. The first-order valence-electron chi connectivity index (χ1n) is 4.75. The molecular formula is C10H12FNO3S. The highest BCUT2D eigenvalue weighted by molar-refractivity contribution is 7.86. The smallest absolute Gasteiger partial charge is 0.335 e. The second-order valence-corrected chi connectivity index (χ2v) is 5.20. The quantitative estimate of drug-likeness (QED) is 0.737. The summed E-state index contributed by atoms with van der Waals surface area (Å²) in [6.07, 6.45) is 0. The largest absolute Gasteiger partial charge is 0.495 e. The van der Waals surface area contributed by atoms with Crippen LogP contribution < -0.4 is 4.74 Å². The fraction of sp³-hybridized carbons (Fsp3) is 0.400. The molecule has 0 saturated heterocycles. The molecule has 16 heavy (non-hydrogen) atoms. The van der Waals surface area contributed by atoms with Gasteiger partial charge < -0.3 is 4.74 Å². The second kappa shape index (κ2) is 3.71. The van der Waals surface area contributed by atoms with Crippen molar-refractivity contribution in [3.8, 4) is 5.75 Å². The van der Waals surface area contributed by atoms with Crippen LogP contribution in [0.4, 0.5) is 3.89 Å². The van der Waals surface area contributed by atoms with Crippen LogP contribution in [0, 0.1) is 0 Å². The maximum Gasteiger partial charge on any atom is 0.335 e. The molecule has 0 unspecified atom stereocenters. The van der Waals surface area contributed by atoms with E-state index in [0.717, 1.165) is 17.7 Å². The van der Waals surface area contributed by atoms with E-state index < -0.39 is 10.2 Å². The summed E-state index contributed by atoms with van der Waals surface area (Å²) in [7, 11) is -1.49. The lowest BCUT2D eigenvalue weighted by molar-refractivity contribution is 0.353. The number of halogens is 1. The summed E-state index contributed by atoms with van der Waals surface area (Å²) in [5.74, 6) is 0.0663. The van der Waals surface area contributed by atoms with Crippen LogP contribution in [0.5, 0.6) is 5.75 Å². The molecule has 0 bridgehead atoms. The van der Waals surface area contributed by atoms with Crippen molar-refractivity contribution in [2.24, 2.45) is 0 Å². The van der Waals surface area contributed by atoms with Crippen molar-refractivity contribution in [1.29, 1.82) is 0 Å². The second-order valence-electron chi connectivity index (χ2n) is 3.88. The number of ether oxygens (including phenoxy) is 1. The van der Waals surface area contributed by atoms with Crippen molar-refractivity contribution < 1.29 is 17.0 Å². The third kappa shape index (κ3) is 1.90. The van der Waals surface area contributed by atoms with Crippen molar-refractivity contribution >= 4 is 10.2 Å². The van der Waals surface area contributed by atoms with Crippen LogP contribution >= 0.6 is 0 Å². The standard InChI is InChI=1S/C10H12FNO3S/c1-12-5-7-3-9(15-2)10(16(11,13)14)4-8(7)6-12/h3-4H,5-6H2,1-2H3. The molecule has 0 aliphatic carbocycles. The summed E-state index contributed by atoms with van der Waals surface area (Å²) >= 11 is 0. The van der Waals surface area contributed by atoms with Crippen LogP contribution in [0.25, 0.3) is 0 Å². The zero-order valence-electron chi connectivity index (χ0n) is 9.03. The Morgan fingerprint density at radius 1 is 1.31 bits per heavy atom. The van der Waals surface area contributed by atoms with E-state index in [9.17, 15) is 12.3 Å². The number of rotatable bonds is 2.